The van der Waals surface area contributed by atoms with Gasteiger partial charge in [0, 0.05) is 17.8 Å². The van der Waals surface area contributed by atoms with Crippen molar-refractivity contribution >= 4 is 5.69 Å². The Kier molecular flexibility index (Phi) is 5.03. The number of nitrogens with two attached hydrogens (primary N) is 1. The fraction of sp³-hybridized carbons (Fsp3) is 0.600. The van der Waals surface area contributed by atoms with Crippen LogP contribution in [0.1, 0.15) is 37.8 Å². The highest BCUT2D eigenvalue weighted by molar-refractivity contribution is 5.56. The Balaban J connectivity index is 2.55. The number of ether oxygens (including phenoxy) is 1. The van der Waals surface area contributed by atoms with Gasteiger partial charge >= 0.3 is 0 Å². The molecule has 0 aliphatic carbocycles. The van der Waals surface area contributed by atoms with Crippen LogP contribution in [0.5, 0.6) is 5.75 Å². The fourth-order valence-corrected chi connectivity index (χ4v) is 1.97. The molecular formula is C15H26N2O. The zero-order chi connectivity index (χ0) is 13.8. The minimum Gasteiger partial charge on any atom is -0.496 e. The van der Waals surface area contributed by atoms with Crippen molar-refractivity contribution in [2.45, 2.75) is 46.1 Å². The molecule has 3 heteroatoms. The highest BCUT2D eigenvalue weighted by Gasteiger charge is 2.09. The Bertz CT molecular complexity index is 394. The van der Waals surface area contributed by atoms with E-state index in [1.807, 2.05) is 0 Å². The molecule has 0 aliphatic rings. The van der Waals surface area contributed by atoms with Gasteiger partial charge in [0.2, 0.25) is 0 Å². The average molecular weight is 250 g/mol. The van der Waals surface area contributed by atoms with E-state index in [2.05, 4.69) is 45.1 Å². The van der Waals surface area contributed by atoms with Gasteiger partial charge in [-0.1, -0.05) is 0 Å². The van der Waals surface area contributed by atoms with Gasteiger partial charge in [0.1, 0.15) is 5.75 Å². The maximum atomic E-state index is 5.96. The molecule has 0 radical (unpaired) electrons. The average Bonchev–Trinajstić information content (AvgIpc) is 2.27. The van der Waals surface area contributed by atoms with Crippen molar-refractivity contribution in [3.63, 3.8) is 0 Å². The summed E-state index contributed by atoms with van der Waals surface area (Å²) < 4.78 is 5.31. The van der Waals surface area contributed by atoms with Gasteiger partial charge in [0.15, 0.2) is 0 Å². The van der Waals surface area contributed by atoms with Crippen molar-refractivity contribution in [2.24, 2.45) is 5.73 Å². The van der Waals surface area contributed by atoms with Gasteiger partial charge in [-0.3, -0.25) is 0 Å². The summed E-state index contributed by atoms with van der Waals surface area (Å²) in [6.45, 7) is 9.24. The lowest BCUT2D eigenvalue weighted by atomic mass is 10.00. The van der Waals surface area contributed by atoms with E-state index in [0.29, 0.717) is 0 Å². The third-order valence-corrected chi connectivity index (χ3v) is 3.06. The summed E-state index contributed by atoms with van der Waals surface area (Å²) in [5.74, 6) is 0.946. The fourth-order valence-electron chi connectivity index (χ4n) is 1.97. The third-order valence-electron chi connectivity index (χ3n) is 3.06. The molecule has 0 aromatic heterocycles. The first kappa shape index (κ1) is 14.8. The molecule has 0 saturated heterocycles. The summed E-state index contributed by atoms with van der Waals surface area (Å²) >= 11 is 0. The molecule has 0 atom stereocenters. The van der Waals surface area contributed by atoms with Crippen molar-refractivity contribution in [2.75, 3.05) is 19.0 Å². The summed E-state index contributed by atoms with van der Waals surface area (Å²) in [6.07, 6.45) is 2.10. The second-order valence-corrected chi connectivity index (χ2v) is 5.66. The summed E-state index contributed by atoms with van der Waals surface area (Å²) in [6, 6.07) is 4.21. The zero-order valence-electron chi connectivity index (χ0n) is 12.3. The molecule has 0 unspecified atom stereocenters. The molecule has 0 fully saturated rings. The third kappa shape index (κ3) is 4.57. The second kappa shape index (κ2) is 6.10. The van der Waals surface area contributed by atoms with Crippen LogP contribution in [-0.2, 0) is 0 Å². The van der Waals surface area contributed by atoms with E-state index < -0.39 is 0 Å². The van der Waals surface area contributed by atoms with E-state index >= 15 is 0 Å². The van der Waals surface area contributed by atoms with Crippen LogP contribution in [0.3, 0.4) is 0 Å². The summed E-state index contributed by atoms with van der Waals surface area (Å²) in [5, 5.41) is 3.47. The number of rotatable bonds is 6. The second-order valence-electron chi connectivity index (χ2n) is 5.66. The molecule has 0 aliphatic heterocycles. The molecule has 0 spiro atoms. The van der Waals surface area contributed by atoms with Crippen LogP contribution in [0.2, 0.25) is 0 Å². The lowest BCUT2D eigenvalue weighted by molar-refractivity contribution is 0.411. The Labute approximate surface area is 111 Å². The first-order valence-electron chi connectivity index (χ1n) is 6.51. The van der Waals surface area contributed by atoms with Crippen LogP contribution in [-0.4, -0.2) is 19.2 Å². The Morgan fingerprint density at radius 2 is 1.89 bits per heavy atom. The number of hydrogen-bond acceptors (Lipinski definition) is 3. The predicted octanol–water partition coefficient (Wildman–Crippen LogP) is 3.24. The summed E-state index contributed by atoms with van der Waals surface area (Å²) in [7, 11) is 1.71. The number of nitrogens with one attached hydrogen (secondary N) is 1. The number of methoxy groups -OCH3 is 1. The van der Waals surface area contributed by atoms with Gasteiger partial charge in [-0.2, -0.15) is 0 Å². The molecule has 0 amide bonds. The highest BCUT2D eigenvalue weighted by atomic mass is 16.5. The van der Waals surface area contributed by atoms with Gasteiger partial charge in [-0.05, 0) is 63.8 Å². The minimum atomic E-state index is -0.0768. The van der Waals surface area contributed by atoms with Crippen molar-refractivity contribution < 1.29 is 4.74 Å². The molecule has 3 nitrogen and oxygen atoms in total. The van der Waals surface area contributed by atoms with Gasteiger partial charge in [-0.25, -0.2) is 0 Å². The maximum absolute atomic E-state index is 5.96. The van der Waals surface area contributed by atoms with E-state index in [-0.39, 0.29) is 5.54 Å². The molecule has 0 bridgehead atoms. The Morgan fingerprint density at radius 1 is 1.22 bits per heavy atom. The number of benzene rings is 1. The highest BCUT2D eigenvalue weighted by Crippen LogP contribution is 2.25. The molecule has 0 heterocycles. The van der Waals surface area contributed by atoms with Gasteiger partial charge in [0.05, 0.1) is 7.11 Å². The Morgan fingerprint density at radius 3 is 2.44 bits per heavy atom. The molecule has 1 aromatic carbocycles. The lowest BCUT2D eigenvalue weighted by Crippen LogP contribution is -2.32. The van der Waals surface area contributed by atoms with Gasteiger partial charge < -0.3 is 15.8 Å². The van der Waals surface area contributed by atoms with Gasteiger partial charge in [0.25, 0.3) is 0 Å². The first-order chi connectivity index (χ1) is 8.33. The van der Waals surface area contributed by atoms with E-state index in [0.717, 1.165) is 30.7 Å². The number of anilines is 1. The predicted molar refractivity (Wildman–Crippen MR) is 78.5 cm³/mol. The largest absolute Gasteiger partial charge is 0.496 e. The van der Waals surface area contributed by atoms with E-state index in [1.54, 1.807) is 7.11 Å². The SMILES string of the molecule is COc1cc(C)c(NCCCC(C)(C)N)cc1C. The van der Waals surface area contributed by atoms with Crippen LogP contribution < -0.4 is 15.8 Å². The van der Waals surface area contributed by atoms with Crippen LogP contribution in [0.25, 0.3) is 0 Å². The molecule has 1 rings (SSSR count). The van der Waals surface area contributed by atoms with Crippen LogP contribution in [0.15, 0.2) is 12.1 Å². The van der Waals surface area contributed by atoms with Crippen molar-refractivity contribution in [3.8, 4) is 5.75 Å². The molecular weight excluding hydrogens is 224 g/mol. The van der Waals surface area contributed by atoms with Crippen molar-refractivity contribution in [1.82, 2.24) is 0 Å². The van der Waals surface area contributed by atoms with Crippen molar-refractivity contribution in [1.29, 1.82) is 0 Å². The standard InChI is InChI=1S/C15H26N2O/c1-11-10-14(18-5)12(2)9-13(11)17-8-6-7-15(3,4)16/h9-10,17H,6-8,16H2,1-5H3. The summed E-state index contributed by atoms with van der Waals surface area (Å²) in [5.41, 5.74) is 9.44. The zero-order valence-corrected chi connectivity index (χ0v) is 12.3. The first-order valence-corrected chi connectivity index (χ1v) is 6.51. The van der Waals surface area contributed by atoms with Crippen LogP contribution >= 0.6 is 0 Å². The molecule has 102 valence electrons. The monoisotopic (exact) mass is 250 g/mol. The quantitative estimate of drug-likeness (QED) is 0.762. The molecule has 0 saturated carbocycles. The number of hydrogen-bond donors (Lipinski definition) is 2. The molecule has 3 N–H and O–H groups in total. The van der Waals surface area contributed by atoms with Crippen LogP contribution in [0, 0.1) is 13.8 Å². The smallest absolute Gasteiger partial charge is 0.122 e. The minimum absolute atomic E-state index is 0.0768. The maximum Gasteiger partial charge on any atom is 0.122 e. The number of aryl methyl sites for hydroxylation is 2. The van der Waals surface area contributed by atoms with Crippen LogP contribution in [0.4, 0.5) is 5.69 Å². The topological polar surface area (TPSA) is 47.3 Å². The van der Waals surface area contributed by atoms with E-state index in [9.17, 15) is 0 Å². The van der Waals surface area contributed by atoms with E-state index in [1.165, 1.54) is 11.3 Å². The lowest BCUT2D eigenvalue weighted by Gasteiger charge is -2.19. The Hall–Kier alpha value is -1.22. The van der Waals surface area contributed by atoms with Gasteiger partial charge in [-0.15, -0.1) is 0 Å². The van der Waals surface area contributed by atoms with E-state index in [4.69, 9.17) is 10.5 Å². The normalized spacial score (nSPS) is 11.4. The molecule has 1 aromatic rings. The summed E-state index contributed by atoms with van der Waals surface area (Å²) in [4.78, 5) is 0. The molecule has 18 heavy (non-hydrogen) atoms. The van der Waals surface area contributed by atoms with Crippen molar-refractivity contribution in [3.05, 3.63) is 23.3 Å².